The monoisotopic (exact) mass is 242 g/mol. The van der Waals surface area contributed by atoms with Gasteiger partial charge in [0.15, 0.2) is 5.82 Å². The molecule has 0 aliphatic rings. The molecule has 0 saturated heterocycles. The highest BCUT2D eigenvalue weighted by molar-refractivity contribution is 5.52. The number of nitro groups is 1. The van der Waals surface area contributed by atoms with Crippen molar-refractivity contribution in [1.29, 1.82) is 0 Å². The molecule has 0 aromatic heterocycles. The fourth-order valence-corrected chi connectivity index (χ4v) is 1.58. The fraction of sp³-hybridized carbons (Fsp3) is 0.455. The molecule has 6 heteroatoms. The Kier molecular flexibility index (Phi) is 3.67. The number of likely N-dealkylation sites (N-methyl/N-ethyl adjacent to an activating group) is 1. The minimum atomic E-state index is -0.969. The van der Waals surface area contributed by atoms with E-state index in [2.05, 4.69) is 0 Å². The summed E-state index contributed by atoms with van der Waals surface area (Å²) in [5.41, 5.74) is -1.04. The van der Waals surface area contributed by atoms with Crippen LogP contribution in [0.1, 0.15) is 13.8 Å². The van der Waals surface area contributed by atoms with Gasteiger partial charge in [-0.05, 0) is 19.9 Å². The highest BCUT2D eigenvalue weighted by Gasteiger charge is 2.19. The van der Waals surface area contributed by atoms with Crippen molar-refractivity contribution >= 4 is 11.4 Å². The second-order valence-electron chi connectivity index (χ2n) is 4.56. The Labute approximate surface area is 98.6 Å². The Morgan fingerprint density at radius 2 is 2.12 bits per heavy atom. The molecule has 94 valence electrons. The SMILES string of the molecule is CN(CC(C)(C)O)c1ccc([N+](=O)[O-])cc1F. The van der Waals surface area contributed by atoms with Crippen LogP contribution in [0.25, 0.3) is 0 Å². The zero-order valence-corrected chi connectivity index (χ0v) is 9.98. The molecular weight excluding hydrogens is 227 g/mol. The number of benzene rings is 1. The summed E-state index contributed by atoms with van der Waals surface area (Å²) in [5.74, 6) is -0.675. The van der Waals surface area contributed by atoms with Gasteiger partial charge in [0.1, 0.15) is 0 Å². The van der Waals surface area contributed by atoms with Gasteiger partial charge >= 0.3 is 0 Å². The molecule has 0 aliphatic heterocycles. The average molecular weight is 242 g/mol. The molecule has 1 N–H and O–H groups in total. The van der Waals surface area contributed by atoms with Crippen LogP contribution < -0.4 is 4.90 Å². The van der Waals surface area contributed by atoms with Gasteiger partial charge in [-0.1, -0.05) is 0 Å². The second kappa shape index (κ2) is 4.67. The maximum Gasteiger partial charge on any atom is 0.272 e. The first-order valence-electron chi connectivity index (χ1n) is 5.08. The number of nitrogens with zero attached hydrogens (tertiary/aromatic N) is 2. The number of non-ortho nitro benzene ring substituents is 1. The van der Waals surface area contributed by atoms with Gasteiger partial charge in [0.2, 0.25) is 0 Å². The maximum atomic E-state index is 13.6. The molecule has 17 heavy (non-hydrogen) atoms. The third kappa shape index (κ3) is 3.67. The smallest absolute Gasteiger partial charge is 0.272 e. The predicted octanol–water partition coefficient (Wildman–Crippen LogP) is 1.94. The highest BCUT2D eigenvalue weighted by atomic mass is 19.1. The molecule has 0 atom stereocenters. The van der Waals surface area contributed by atoms with Gasteiger partial charge in [-0.15, -0.1) is 0 Å². The van der Waals surface area contributed by atoms with E-state index in [1.807, 2.05) is 0 Å². The summed E-state index contributed by atoms with van der Waals surface area (Å²) < 4.78 is 13.6. The highest BCUT2D eigenvalue weighted by Crippen LogP contribution is 2.24. The van der Waals surface area contributed by atoms with E-state index in [0.717, 1.165) is 6.07 Å². The van der Waals surface area contributed by atoms with Crippen LogP contribution in [0.3, 0.4) is 0 Å². The Balaban J connectivity index is 2.96. The van der Waals surface area contributed by atoms with E-state index in [9.17, 15) is 19.6 Å². The molecule has 0 spiro atoms. The summed E-state index contributed by atoms with van der Waals surface area (Å²) in [5, 5.41) is 20.1. The fourth-order valence-electron chi connectivity index (χ4n) is 1.58. The molecule has 0 saturated carbocycles. The molecule has 0 unspecified atom stereocenters. The zero-order valence-electron chi connectivity index (χ0n) is 9.98. The summed E-state index contributed by atoms with van der Waals surface area (Å²) in [4.78, 5) is 11.3. The normalized spacial score (nSPS) is 11.4. The van der Waals surface area contributed by atoms with Gasteiger partial charge < -0.3 is 10.0 Å². The van der Waals surface area contributed by atoms with Gasteiger partial charge in [-0.2, -0.15) is 0 Å². The van der Waals surface area contributed by atoms with E-state index >= 15 is 0 Å². The zero-order chi connectivity index (χ0) is 13.2. The van der Waals surface area contributed by atoms with Crippen LogP contribution in [0, 0.1) is 15.9 Å². The molecule has 0 aliphatic carbocycles. The quantitative estimate of drug-likeness (QED) is 0.647. The van der Waals surface area contributed by atoms with Crippen molar-refractivity contribution < 1.29 is 14.4 Å². The summed E-state index contributed by atoms with van der Waals surface area (Å²) >= 11 is 0. The van der Waals surface area contributed by atoms with E-state index in [1.165, 1.54) is 17.0 Å². The molecule has 0 fully saturated rings. The summed E-state index contributed by atoms with van der Waals surface area (Å²) in [7, 11) is 1.61. The van der Waals surface area contributed by atoms with Crippen LogP contribution in [0.4, 0.5) is 15.8 Å². The topological polar surface area (TPSA) is 66.6 Å². The van der Waals surface area contributed by atoms with Crippen molar-refractivity contribution in [3.8, 4) is 0 Å². The van der Waals surface area contributed by atoms with E-state index < -0.39 is 16.3 Å². The molecule has 1 aromatic carbocycles. The molecule has 0 heterocycles. The molecule has 0 radical (unpaired) electrons. The van der Waals surface area contributed by atoms with Gasteiger partial charge in [-0.3, -0.25) is 10.1 Å². The van der Waals surface area contributed by atoms with Gasteiger partial charge in [0.25, 0.3) is 5.69 Å². The van der Waals surface area contributed by atoms with Crippen LogP contribution in [0.2, 0.25) is 0 Å². The predicted molar refractivity (Wildman–Crippen MR) is 62.6 cm³/mol. The van der Waals surface area contributed by atoms with E-state index in [0.29, 0.717) is 0 Å². The number of nitro benzene ring substituents is 1. The maximum absolute atomic E-state index is 13.6. The third-order valence-electron chi connectivity index (χ3n) is 2.18. The number of rotatable bonds is 4. The van der Waals surface area contributed by atoms with E-state index in [4.69, 9.17) is 0 Å². The van der Waals surface area contributed by atoms with Crippen LogP contribution in [-0.4, -0.2) is 29.2 Å². The van der Waals surface area contributed by atoms with Gasteiger partial charge in [0, 0.05) is 19.7 Å². The molecule has 1 aromatic rings. The van der Waals surface area contributed by atoms with E-state index in [1.54, 1.807) is 20.9 Å². The molecule has 1 rings (SSSR count). The van der Waals surface area contributed by atoms with Crippen LogP contribution >= 0.6 is 0 Å². The molecular formula is C11H15FN2O3. The van der Waals surface area contributed by atoms with Crippen molar-refractivity contribution in [1.82, 2.24) is 0 Å². The molecule has 0 amide bonds. The lowest BCUT2D eigenvalue weighted by molar-refractivity contribution is -0.385. The third-order valence-corrected chi connectivity index (χ3v) is 2.18. The van der Waals surface area contributed by atoms with Crippen LogP contribution in [0.5, 0.6) is 0 Å². The summed E-state index contributed by atoms with van der Waals surface area (Å²) in [6.45, 7) is 3.43. The first kappa shape index (κ1) is 13.4. The van der Waals surface area contributed by atoms with Gasteiger partial charge in [-0.25, -0.2) is 4.39 Å². The van der Waals surface area contributed by atoms with Gasteiger partial charge in [0.05, 0.1) is 22.3 Å². The van der Waals surface area contributed by atoms with E-state index in [-0.39, 0.29) is 17.9 Å². The van der Waals surface area contributed by atoms with Crippen molar-refractivity contribution in [3.63, 3.8) is 0 Å². The van der Waals surface area contributed by atoms with Crippen molar-refractivity contribution in [2.45, 2.75) is 19.4 Å². The lowest BCUT2D eigenvalue weighted by Crippen LogP contribution is -2.36. The minimum absolute atomic E-state index is 0.220. The number of hydrogen-bond donors (Lipinski definition) is 1. The summed E-state index contributed by atoms with van der Waals surface area (Å²) in [6.07, 6.45) is 0. The van der Waals surface area contributed by atoms with Crippen molar-refractivity contribution in [2.24, 2.45) is 0 Å². The first-order chi connectivity index (χ1) is 7.70. The largest absolute Gasteiger partial charge is 0.389 e. The first-order valence-corrected chi connectivity index (χ1v) is 5.08. The Bertz CT molecular complexity index is 429. The Morgan fingerprint density at radius 3 is 2.53 bits per heavy atom. The molecule has 0 bridgehead atoms. The number of anilines is 1. The number of halogens is 1. The lowest BCUT2D eigenvalue weighted by Gasteiger charge is -2.27. The van der Waals surface area contributed by atoms with Crippen LogP contribution in [0.15, 0.2) is 18.2 Å². The Morgan fingerprint density at radius 1 is 1.53 bits per heavy atom. The number of aliphatic hydroxyl groups is 1. The Hall–Kier alpha value is -1.69. The van der Waals surface area contributed by atoms with Crippen molar-refractivity contribution in [3.05, 3.63) is 34.1 Å². The van der Waals surface area contributed by atoms with Crippen LogP contribution in [-0.2, 0) is 0 Å². The van der Waals surface area contributed by atoms with Crippen molar-refractivity contribution in [2.75, 3.05) is 18.5 Å². The second-order valence-corrected chi connectivity index (χ2v) is 4.56. The number of hydrogen-bond acceptors (Lipinski definition) is 4. The summed E-state index contributed by atoms with van der Waals surface area (Å²) in [6, 6.07) is 3.44. The lowest BCUT2D eigenvalue weighted by atomic mass is 10.1. The average Bonchev–Trinajstić information content (AvgIpc) is 2.14. The standard InChI is InChI=1S/C11H15FN2O3/c1-11(2,15)7-13(3)10-5-4-8(14(16)17)6-9(10)12/h4-6,15H,7H2,1-3H3. The minimum Gasteiger partial charge on any atom is -0.389 e. The molecule has 5 nitrogen and oxygen atoms in total.